The van der Waals surface area contributed by atoms with Crippen LogP contribution >= 0.6 is 0 Å². The van der Waals surface area contributed by atoms with E-state index in [1.54, 1.807) is 0 Å². The van der Waals surface area contributed by atoms with E-state index < -0.39 is 0 Å². The molecule has 1 aliphatic rings. The van der Waals surface area contributed by atoms with Crippen LogP contribution in [-0.2, 0) is 0 Å². The third-order valence-corrected chi connectivity index (χ3v) is 3.84. The number of ether oxygens (including phenoxy) is 1. The van der Waals surface area contributed by atoms with E-state index in [0.29, 0.717) is 0 Å². The van der Waals surface area contributed by atoms with E-state index in [2.05, 4.69) is 23.9 Å². The molecule has 106 valence electrons. The monoisotopic (exact) mass is 263 g/mol. The number of hydrogen-bond donors (Lipinski definition) is 1. The molecule has 0 amide bonds. The highest BCUT2D eigenvalue weighted by molar-refractivity contribution is 5.41. The maximum Gasteiger partial charge on any atom is 0.119 e. The Bertz CT molecular complexity index is 369. The first-order chi connectivity index (χ1) is 9.15. The number of nitrogen functional groups attached to an aromatic ring is 1. The molecule has 0 spiro atoms. The van der Waals surface area contributed by atoms with Gasteiger partial charge in [-0.15, -0.1) is 0 Å². The SMILES string of the molecule is CN(C)C1CCN(CCOc2ccc(N)cc2)CC1. The van der Waals surface area contributed by atoms with Crippen LogP contribution in [0.3, 0.4) is 0 Å². The molecular formula is C15H25N3O. The van der Waals surface area contributed by atoms with E-state index in [4.69, 9.17) is 10.5 Å². The zero-order valence-electron chi connectivity index (χ0n) is 12.0. The van der Waals surface area contributed by atoms with Gasteiger partial charge in [0, 0.05) is 18.3 Å². The largest absolute Gasteiger partial charge is 0.492 e. The Balaban J connectivity index is 1.65. The van der Waals surface area contributed by atoms with E-state index in [1.807, 2.05) is 24.3 Å². The molecule has 1 heterocycles. The fourth-order valence-electron chi connectivity index (χ4n) is 2.52. The van der Waals surface area contributed by atoms with E-state index in [9.17, 15) is 0 Å². The van der Waals surface area contributed by atoms with E-state index >= 15 is 0 Å². The second-order valence-electron chi connectivity index (χ2n) is 5.45. The number of nitrogens with zero attached hydrogens (tertiary/aromatic N) is 2. The smallest absolute Gasteiger partial charge is 0.119 e. The summed E-state index contributed by atoms with van der Waals surface area (Å²) in [4.78, 5) is 4.82. The van der Waals surface area contributed by atoms with Crippen molar-refractivity contribution < 1.29 is 4.74 Å². The van der Waals surface area contributed by atoms with Gasteiger partial charge in [0.05, 0.1) is 0 Å². The maximum absolute atomic E-state index is 5.73. The van der Waals surface area contributed by atoms with Crippen LogP contribution < -0.4 is 10.5 Å². The van der Waals surface area contributed by atoms with E-state index in [-0.39, 0.29) is 0 Å². The number of anilines is 1. The van der Waals surface area contributed by atoms with Gasteiger partial charge in [-0.1, -0.05) is 0 Å². The Hall–Kier alpha value is -1.26. The molecule has 1 aromatic carbocycles. The van der Waals surface area contributed by atoms with Crippen molar-refractivity contribution in [3.05, 3.63) is 24.3 Å². The van der Waals surface area contributed by atoms with Crippen molar-refractivity contribution in [2.24, 2.45) is 0 Å². The molecule has 2 N–H and O–H groups in total. The van der Waals surface area contributed by atoms with Gasteiger partial charge in [-0.05, 0) is 64.3 Å². The zero-order chi connectivity index (χ0) is 13.7. The summed E-state index contributed by atoms with van der Waals surface area (Å²) in [7, 11) is 4.34. The highest BCUT2D eigenvalue weighted by atomic mass is 16.5. The fraction of sp³-hybridized carbons (Fsp3) is 0.600. The number of piperidine rings is 1. The molecule has 19 heavy (non-hydrogen) atoms. The van der Waals surface area contributed by atoms with Gasteiger partial charge in [0.1, 0.15) is 12.4 Å². The van der Waals surface area contributed by atoms with Gasteiger partial charge in [0.2, 0.25) is 0 Å². The first kappa shape index (κ1) is 14.2. The lowest BCUT2D eigenvalue weighted by Crippen LogP contribution is -2.43. The molecule has 0 aliphatic carbocycles. The lowest BCUT2D eigenvalue weighted by Gasteiger charge is -2.35. The normalized spacial score (nSPS) is 17.8. The van der Waals surface area contributed by atoms with Crippen molar-refractivity contribution in [3.8, 4) is 5.75 Å². The predicted molar refractivity (Wildman–Crippen MR) is 79.5 cm³/mol. The average molecular weight is 263 g/mol. The number of likely N-dealkylation sites (tertiary alicyclic amines) is 1. The number of hydrogen-bond acceptors (Lipinski definition) is 4. The van der Waals surface area contributed by atoms with Crippen molar-refractivity contribution in [3.63, 3.8) is 0 Å². The van der Waals surface area contributed by atoms with Crippen molar-refractivity contribution in [1.29, 1.82) is 0 Å². The number of benzene rings is 1. The van der Waals surface area contributed by atoms with Crippen LogP contribution in [0.1, 0.15) is 12.8 Å². The third kappa shape index (κ3) is 4.40. The Kier molecular flexibility index (Phi) is 5.05. The van der Waals surface area contributed by atoms with Crippen molar-refractivity contribution >= 4 is 5.69 Å². The third-order valence-electron chi connectivity index (χ3n) is 3.84. The molecule has 0 radical (unpaired) electrons. The second kappa shape index (κ2) is 6.78. The molecule has 4 nitrogen and oxygen atoms in total. The van der Waals surface area contributed by atoms with Crippen LogP contribution in [-0.4, -0.2) is 56.2 Å². The number of rotatable bonds is 5. The fourth-order valence-corrected chi connectivity index (χ4v) is 2.52. The van der Waals surface area contributed by atoms with Crippen molar-refractivity contribution in [2.75, 3.05) is 46.1 Å². The molecular weight excluding hydrogens is 238 g/mol. The standard InChI is InChI=1S/C15H25N3O/c1-17(2)14-7-9-18(10-8-14)11-12-19-15-5-3-13(16)4-6-15/h3-6,14H,7-12,16H2,1-2H3. The first-order valence-electron chi connectivity index (χ1n) is 7.02. The van der Waals surface area contributed by atoms with Crippen LogP contribution in [0.15, 0.2) is 24.3 Å². The van der Waals surface area contributed by atoms with Gasteiger partial charge in [0.15, 0.2) is 0 Å². The summed E-state index contributed by atoms with van der Waals surface area (Å²) in [6.07, 6.45) is 2.52. The van der Waals surface area contributed by atoms with Crippen molar-refractivity contribution in [1.82, 2.24) is 9.80 Å². The molecule has 0 unspecified atom stereocenters. The minimum absolute atomic E-state index is 0.745. The van der Waals surface area contributed by atoms with Gasteiger partial charge >= 0.3 is 0 Å². The Morgan fingerprint density at radius 3 is 2.42 bits per heavy atom. The summed E-state index contributed by atoms with van der Waals surface area (Å²) in [5.41, 5.74) is 6.42. The first-order valence-corrected chi connectivity index (χ1v) is 7.02. The molecule has 4 heteroatoms. The zero-order valence-corrected chi connectivity index (χ0v) is 12.0. The molecule has 1 aromatic rings. The second-order valence-corrected chi connectivity index (χ2v) is 5.45. The Labute approximate surface area is 116 Å². The summed E-state index contributed by atoms with van der Waals surface area (Å²) >= 11 is 0. The van der Waals surface area contributed by atoms with Gasteiger partial charge in [0.25, 0.3) is 0 Å². The molecule has 0 atom stereocenters. The lowest BCUT2D eigenvalue weighted by atomic mass is 10.0. The number of nitrogens with two attached hydrogens (primary N) is 1. The minimum Gasteiger partial charge on any atom is -0.492 e. The van der Waals surface area contributed by atoms with Crippen LogP contribution in [0.5, 0.6) is 5.75 Å². The molecule has 2 rings (SSSR count). The summed E-state index contributed by atoms with van der Waals surface area (Å²) in [6.45, 7) is 4.10. The van der Waals surface area contributed by atoms with Gasteiger partial charge in [-0.3, -0.25) is 4.90 Å². The van der Waals surface area contributed by atoms with E-state index in [0.717, 1.165) is 30.6 Å². The molecule has 1 aliphatic heterocycles. The highest BCUT2D eigenvalue weighted by Gasteiger charge is 2.19. The minimum atomic E-state index is 0.745. The van der Waals surface area contributed by atoms with Gasteiger partial charge in [-0.2, -0.15) is 0 Å². The summed E-state index contributed by atoms with van der Waals surface area (Å²) < 4.78 is 5.73. The van der Waals surface area contributed by atoms with Crippen molar-refractivity contribution in [2.45, 2.75) is 18.9 Å². The molecule has 0 bridgehead atoms. The summed E-state index contributed by atoms with van der Waals surface area (Å²) in [6, 6.07) is 8.34. The summed E-state index contributed by atoms with van der Waals surface area (Å²) in [5.74, 6) is 0.900. The Morgan fingerprint density at radius 2 is 1.84 bits per heavy atom. The van der Waals surface area contributed by atoms with Crippen LogP contribution in [0.2, 0.25) is 0 Å². The predicted octanol–water partition coefficient (Wildman–Crippen LogP) is 1.67. The van der Waals surface area contributed by atoms with Crippen LogP contribution in [0, 0.1) is 0 Å². The molecule has 0 saturated carbocycles. The Morgan fingerprint density at radius 1 is 1.21 bits per heavy atom. The van der Waals surface area contributed by atoms with Crippen LogP contribution in [0.4, 0.5) is 5.69 Å². The van der Waals surface area contributed by atoms with E-state index in [1.165, 1.54) is 25.9 Å². The van der Waals surface area contributed by atoms with Gasteiger partial charge in [-0.25, -0.2) is 0 Å². The van der Waals surface area contributed by atoms with Crippen LogP contribution in [0.25, 0.3) is 0 Å². The maximum atomic E-state index is 5.73. The average Bonchev–Trinajstić information content (AvgIpc) is 2.41. The molecule has 1 fully saturated rings. The highest BCUT2D eigenvalue weighted by Crippen LogP contribution is 2.15. The van der Waals surface area contributed by atoms with Gasteiger partial charge < -0.3 is 15.4 Å². The summed E-state index contributed by atoms with van der Waals surface area (Å²) in [5, 5.41) is 0. The quantitative estimate of drug-likeness (QED) is 0.821. The lowest BCUT2D eigenvalue weighted by molar-refractivity contribution is 0.128. The molecule has 0 aromatic heterocycles. The topological polar surface area (TPSA) is 41.7 Å². The molecule has 1 saturated heterocycles.